The molecule has 0 spiro atoms. The molecule has 0 atom stereocenters. The number of carbonyl (C=O) groups excluding carboxylic acids is 3. The molecule has 2 aliphatic heterocycles. The number of anilines is 1. The molecule has 0 unspecified atom stereocenters. The van der Waals surface area contributed by atoms with Gasteiger partial charge in [0.1, 0.15) is 12.1 Å². The van der Waals surface area contributed by atoms with E-state index in [1.807, 2.05) is 32.9 Å². The molecule has 2 aromatic rings. The highest BCUT2D eigenvalue weighted by Gasteiger charge is 2.33. The minimum absolute atomic E-state index is 0.0833. The third-order valence-corrected chi connectivity index (χ3v) is 7.28. The van der Waals surface area contributed by atoms with Crippen LogP contribution in [0.3, 0.4) is 0 Å². The SMILES string of the molecule is CC(C)(C)OC(=O)NCCN(C(=O)CN1Cc2ccc(-c3nc(NC4CCOCC4)ncc3Cl)cc2C1=O)C(C)(C)C. The second kappa shape index (κ2) is 12.8. The van der Waals surface area contributed by atoms with Crippen LogP contribution in [-0.2, 0) is 20.8 Å². The summed E-state index contributed by atoms with van der Waals surface area (Å²) in [6, 6.07) is 5.76. The molecule has 1 fully saturated rings. The zero-order valence-corrected chi connectivity index (χ0v) is 26.0. The monoisotopic (exact) mass is 600 g/mol. The zero-order valence-electron chi connectivity index (χ0n) is 25.3. The quantitative estimate of drug-likeness (QED) is 0.454. The van der Waals surface area contributed by atoms with Gasteiger partial charge in [-0.1, -0.05) is 23.7 Å². The first-order chi connectivity index (χ1) is 19.7. The highest BCUT2D eigenvalue weighted by Crippen LogP contribution is 2.32. The number of hydrogen-bond donors (Lipinski definition) is 2. The number of rotatable bonds is 8. The Kier molecular flexibility index (Phi) is 9.62. The Hall–Kier alpha value is -3.44. The van der Waals surface area contributed by atoms with Crippen LogP contribution >= 0.6 is 11.6 Å². The Morgan fingerprint density at radius 3 is 2.55 bits per heavy atom. The molecule has 228 valence electrons. The van der Waals surface area contributed by atoms with E-state index in [0.29, 0.717) is 47.6 Å². The summed E-state index contributed by atoms with van der Waals surface area (Å²) in [7, 11) is 0. The highest BCUT2D eigenvalue weighted by atomic mass is 35.5. The number of nitrogens with zero attached hydrogens (tertiary/aromatic N) is 4. The number of nitrogens with one attached hydrogen (secondary N) is 2. The summed E-state index contributed by atoms with van der Waals surface area (Å²) in [6.07, 6.45) is 2.76. The van der Waals surface area contributed by atoms with Crippen LogP contribution in [0, 0.1) is 0 Å². The van der Waals surface area contributed by atoms with Crippen LogP contribution in [0.15, 0.2) is 24.4 Å². The second-order valence-corrected chi connectivity index (χ2v) is 13.0. The lowest BCUT2D eigenvalue weighted by molar-refractivity contribution is -0.136. The lowest BCUT2D eigenvalue weighted by atomic mass is 10.0. The standard InChI is InChI=1S/C30H41ClN6O5/c1-29(2,3)37(12-11-32-28(40)42-30(4,5)6)24(38)18-36-17-20-8-7-19(15-22(20)26(36)39)25-23(31)16-33-27(35-25)34-21-9-13-41-14-10-21/h7-8,15-16,21H,9-14,17-18H2,1-6H3,(H,32,40)(H,33,34,35). The molecule has 11 nitrogen and oxygen atoms in total. The highest BCUT2D eigenvalue weighted by molar-refractivity contribution is 6.33. The Balaban J connectivity index is 1.42. The predicted molar refractivity (Wildman–Crippen MR) is 160 cm³/mol. The fourth-order valence-corrected chi connectivity index (χ4v) is 5.17. The van der Waals surface area contributed by atoms with Crippen LogP contribution in [0.1, 0.15) is 70.3 Å². The van der Waals surface area contributed by atoms with Crippen molar-refractivity contribution in [3.63, 3.8) is 0 Å². The molecular formula is C30H41ClN6O5. The van der Waals surface area contributed by atoms with Crippen LogP contribution in [0.5, 0.6) is 0 Å². The molecule has 2 aliphatic rings. The zero-order chi connectivity index (χ0) is 30.7. The Bertz CT molecular complexity index is 1320. The molecule has 1 saturated heterocycles. The smallest absolute Gasteiger partial charge is 0.407 e. The fourth-order valence-electron chi connectivity index (χ4n) is 4.97. The lowest BCUT2D eigenvalue weighted by Gasteiger charge is -2.37. The van der Waals surface area contributed by atoms with Gasteiger partial charge in [-0.05, 0) is 66.0 Å². The number of fused-ring (bicyclic) bond motifs is 1. The minimum atomic E-state index is -0.614. The van der Waals surface area contributed by atoms with Gasteiger partial charge in [0.15, 0.2) is 0 Å². The summed E-state index contributed by atoms with van der Waals surface area (Å²) < 4.78 is 10.7. The number of aromatic nitrogens is 2. The largest absolute Gasteiger partial charge is 0.444 e. The molecule has 0 radical (unpaired) electrons. The lowest BCUT2D eigenvalue weighted by Crippen LogP contribution is -2.52. The topological polar surface area (TPSA) is 126 Å². The van der Waals surface area contributed by atoms with E-state index < -0.39 is 17.2 Å². The van der Waals surface area contributed by atoms with Gasteiger partial charge >= 0.3 is 6.09 Å². The average Bonchev–Trinajstić information content (AvgIpc) is 3.20. The van der Waals surface area contributed by atoms with Crippen molar-refractivity contribution in [2.75, 3.05) is 38.2 Å². The van der Waals surface area contributed by atoms with Crippen LogP contribution in [0.4, 0.5) is 10.7 Å². The number of hydrogen-bond acceptors (Lipinski definition) is 8. The maximum absolute atomic E-state index is 13.4. The summed E-state index contributed by atoms with van der Waals surface area (Å²) in [5.74, 6) is 0.0352. The van der Waals surface area contributed by atoms with E-state index in [1.54, 1.807) is 37.9 Å². The molecule has 3 heterocycles. The number of amides is 3. The van der Waals surface area contributed by atoms with Gasteiger partial charge in [-0.25, -0.2) is 14.8 Å². The molecule has 3 amide bonds. The van der Waals surface area contributed by atoms with Gasteiger partial charge in [0.2, 0.25) is 11.9 Å². The van der Waals surface area contributed by atoms with E-state index in [0.717, 1.165) is 18.4 Å². The van der Waals surface area contributed by atoms with Gasteiger partial charge in [0.05, 0.1) is 16.9 Å². The van der Waals surface area contributed by atoms with Crippen molar-refractivity contribution >= 4 is 35.5 Å². The molecule has 1 aromatic heterocycles. The maximum Gasteiger partial charge on any atom is 0.407 e. The van der Waals surface area contributed by atoms with E-state index in [4.69, 9.17) is 21.1 Å². The van der Waals surface area contributed by atoms with Crippen LogP contribution in [-0.4, -0.2) is 87.7 Å². The molecule has 42 heavy (non-hydrogen) atoms. The predicted octanol–water partition coefficient (Wildman–Crippen LogP) is 4.50. The van der Waals surface area contributed by atoms with E-state index in [2.05, 4.69) is 20.6 Å². The van der Waals surface area contributed by atoms with E-state index in [9.17, 15) is 14.4 Å². The van der Waals surface area contributed by atoms with E-state index in [1.165, 1.54) is 4.90 Å². The van der Waals surface area contributed by atoms with Crippen molar-refractivity contribution in [3.05, 3.63) is 40.5 Å². The van der Waals surface area contributed by atoms with Crippen molar-refractivity contribution in [3.8, 4) is 11.3 Å². The van der Waals surface area contributed by atoms with Gasteiger partial charge in [-0.2, -0.15) is 0 Å². The van der Waals surface area contributed by atoms with Crippen molar-refractivity contribution in [2.45, 2.75) is 78.1 Å². The van der Waals surface area contributed by atoms with Crippen LogP contribution in [0.2, 0.25) is 5.02 Å². The summed E-state index contributed by atoms with van der Waals surface area (Å²) in [4.78, 5) is 51.1. The first kappa shape index (κ1) is 31.5. The van der Waals surface area contributed by atoms with E-state index >= 15 is 0 Å². The molecule has 12 heteroatoms. The van der Waals surface area contributed by atoms with Crippen molar-refractivity contribution < 1.29 is 23.9 Å². The average molecular weight is 601 g/mol. The summed E-state index contributed by atoms with van der Waals surface area (Å²) in [5, 5.41) is 6.43. The summed E-state index contributed by atoms with van der Waals surface area (Å²) >= 11 is 6.48. The van der Waals surface area contributed by atoms with Gasteiger partial charge < -0.3 is 29.9 Å². The van der Waals surface area contributed by atoms with Crippen LogP contribution in [0.25, 0.3) is 11.3 Å². The molecule has 0 bridgehead atoms. The number of carbonyl (C=O) groups is 3. The molecule has 0 saturated carbocycles. The summed E-state index contributed by atoms with van der Waals surface area (Å²) in [5.41, 5.74) is 1.44. The van der Waals surface area contributed by atoms with Gasteiger partial charge in [0, 0.05) is 55.6 Å². The molecule has 1 aromatic carbocycles. The third kappa shape index (κ3) is 8.10. The number of alkyl carbamates (subject to hydrolysis) is 1. The minimum Gasteiger partial charge on any atom is -0.444 e. The van der Waals surface area contributed by atoms with Crippen molar-refractivity contribution in [2.24, 2.45) is 0 Å². The second-order valence-electron chi connectivity index (χ2n) is 12.6. The number of ether oxygens (including phenoxy) is 2. The van der Waals surface area contributed by atoms with Gasteiger partial charge in [-0.15, -0.1) is 0 Å². The van der Waals surface area contributed by atoms with Crippen molar-refractivity contribution in [1.29, 1.82) is 0 Å². The molecule has 2 N–H and O–H groups in total. The Morgan fingerprint density at radius 2 is 1.88 bits per heavy atom. The van der Waals surface area contributed by atoms with Crippen molar-refractivity contribution in [1.82, 2.24) is 25.1 Å². The van der Waals surface area contributed by atoms with Crippen LogP contribution < -0.4 is 10.6 Å². The summed E-state index contributed by atoms with van der Waals surface area (Å²) in [6.45, 7) is 13.2. The van der Waals surface area contributed by atoms with Gasteiger partial charge in [-0.3, -0.25) is 9.59 Å². The first-order valence-electron chi connectivity index (χ1n) is 14.3. The number of benzene rings is 1. The van der Waals surface area contributed by atoms with Gasteiger partial charge in [0.25, 0.3) is 5.91 Å². The molecule has 0 aliphatic carbocycles. The Morgan fingerprint density at radius 1 is 1.17 bits per heavy atom. The van der Waals surface area contributed by atoms with E-state index in [-0.39, 0.29) is 37.5 Å². The Labute approximate surface area is 252 Å². The maximum atomic E-state index is 13.4. The number of halogens is 1. The third-order valence-electron chi connectivity index (χ3n) is 7.00. The molecular weight excluding hydrogens is 560 g/mol. The molecule has 4 rings (SSSR count). The fraction of sp³-hybridized carbons (Fsp3) is 0.567. The normalized spacial score (nSPS) is 15.8. The first-order valence-corrected chi connectivity index (χ1v) is 14.7.